The van der Waals surface area contributed by atoms with Crippen LogP contribution in [0.5, 0.6) is 0 Å². The summed E-state index contributed by atoms with van der Waals surface area (Å²) in [6, 6.07) is 0. The normalized spacial score (nSPS) is 36.3. The molecule has 1 N–H and O–H groups in total. The van der Waals surface area contributed by atoms with Crippen LogP contribution in [0.1, 0.15) is 19.3 Å². The van der Waals surface area contributed by atoms with Crippen LogP contribution in [0.25, 0.3) is 0 Å². The summed E-state index contributed by atoms with van der Waals surface area (Å²) in [5.74, 6) is -2.47. The predicted molar refractivity (Wildman–Crippen MR) is 61.9 cm³/mol. The van der Waals surface area contributed by atoms with Crippen LogP contribution in [0.3, 0.4) is 0 Å². The molecule has 1 saturated carbocycles. The lowest BCUT2D eigenvalue weighted by Gasteiger charge is -2.29. The van der Waals surface area contributed by atoms with Gasteiger partial charge in [0.1, 0.15) is 12.7 Å². The van der Waals surface area contributed by atoms with E-state index in [1.165, 1.54) is 0 Å². The molecule has 2 fully saturated rings. The second-order valence-electron chi connectivity index (χ2n) is 4.55. The second kappa shape index (κ2) is 5.35. The zero-order valence-corrected chi connectivity index (χ0v) is 10.9. The number of hydrogen-bond donors (Lipinski definition) is 1. The van der Waals surface area contributed by atoms with Gasteiger partial charge in [0, 0.05) is 4.83 Å². The minimum atomic E-state index is -0.908. The minimum Gasteiger partial charge on any atom is -0.481 e. The van der Waals surface area contributed by atoms with E-state index in [9.17, 15) is 9.59 Å². The van der Waals surface area contributed by atoms with E-state index in [4.69, 9.17) is 14.6 Å². The molecule has 4 atom stereocenters. The van der Waals surface area contributed by atoms with Gasteiger partial charge in [-0.1, -0.05) is 15.9 Å². The van der Waals surface area contributed by atoms with E-state index in [1.807, 2.05) is 0 Å². The Bertz CT molecular complexity index is 315. The van der Waals surface area contributed by atoms with Gasteiger partial charge < -0.3 is 14.6 Å². The molecule has 2 aliphatic rings. The Kier molecular flexibility index (Phi) is 4.04. The van der Waals surface area contributed by atoms with Gasteiger partial charge in [-0.15, -0.1) is 0 Å². The first-order valence-corrected chi connectivity index (χ1v) is 6.64. The fourth-order valence-corrected chi connectivity index (χ4v) is 2.79. The van der Waals surface area contributed by atoms with Crippen molar-refractivity contribution in [3.05, 3.63) is 0 Å². The van der Waals surface area contributed by atoms with Crippen molar-refractivity contribution in [3.8, 4) is 0 Å². The van der Waals surface area contributed by atoms with Crippen molar-refractivity contribution in [1.29, 1.82) is 0 Å². The zero-order chi connectivity index (χ0) is 12.4. The molecule has 1 aliphatic heterocycles. The molecule has 2 rings (SSSR count). The second-order valence-corrected chi connectivity index (χ2v) is 5.84. The Morgan fingerprint density at radius 1 is 1.35 bits per heavy atom. The summed E-state index contributed by atoms with van der Waals surface area (Å²) in [5, 5.41) is 9.09. The summed E-state index contributed by atoms with van der Waals surface area (Å²) in [5.41, 5.74) is 0. The maximum atomic E-state index is 11.8. The molecule has 4 unspecified atom stereocenters. The van der Waals surface area contributed by atoms with E-state index in [1.54, 1.807) is 0 Å². The first-order valence-electron chi connectivity index (χ1n) is 5.73. The molecule has 1 heterocycles. The van der Waals surface area contributed by atoms with Crippen molar-refractivity contribution >= 4 is 27.9 Å². The van der Waals surface area contributed by atoms with Crippen LogP contribution in [-0.4, -0.2) is 41.2 Å². The number of hydrogen-bond acceptors (Lipinski definition) is 4. The number of epoxide rings is 1. The summed E-state index contributed by atoms with van der Waals surface area (Å²) in [6.07, 6.45) is 1.85. The molecule has 0 bridgehead atoms. The van der Waals surface area contributed by atoms with Gasteiger partial charge >= 0.3 is 11.9 Å². The minimum absolute atomic E-state index is 0.0191. The van der Waals surface area contributed by atoms with Crippen LogP contribution in [-0.2, 0) is 19.1 Å². The van der Waals surface area contributed by atoms with Gasteiger partial charge in [-0.3, -0.25) is 9.59 Å². The number of rotatable bonds is 4. The van der Waals surface area contributed by atoms with Crippen LogP contribution in [0, 0.1) is 11.8 Å². The number of aliphatic carboxylic acids is 1. The van der Waals surface area contributed by atoms with Gasteiger partial charge in [-0.2, -0.15) is 0 Å². The molecule has 17 heavy (non-hydrogen) atoms. The van der Waals surface area contributed by atoms with Crippen LogP contribution in [0.2, 0.25) is 0 Å². The highest BCUT2D eigenvalue weighted by molar-refractivity contribution is 9.09. The maximum absolute atomic E-state index is 11.8. The molecular weight excluding hydrogens is 292 g/mol. The Labute approximate surface area is 108 Å². The Hall–Kier alpha value is -0.620. The quantitative estimate of drug-likeness (QED) is 0.480. The standard InChI is InChI=1S/C11H15BrO5/c12-6-1-2-8(10(13)14)9(3-6)11(15)17-5-7-4-16-7/h6-9H,1-5H2,(H,13,14). The van der Waals surface area contributed by atoms with Gasteiger partial charge in [0.2, 0.25) is 0 Å². The Morgan fingerprint density at radius 3 is 2.65 bits per heavy atom. The first-order chi connectivity index (χ1) is 8.08. The lowest BCUT2D eigenvalue weighted by atomic mass is 9.79. The number of halogens is 1. The molecule has 0 aromatic carbocycles. The maximum Gasteiger partial charge on any atom is 0.309 e. The average molecular weight is 307 g/mol. The van der Waals surface area contributed by atoms with E-state index in [0.29, 0.717) is 19.4 Å². The number of carboxylic acids is 1. The molecule has 5 nitrogen and oxygen atoms in total. The molecular formula is C11H15BrO5. The highest BCUT2D eigenvalue weighted by Crippen LogP contribution is 2.35. The summed E-state index contributed by atoms with van der Waals surface area (Å²) in [4.78, 5) is 23.1. The largest absolute Gasteiger partial charge is 0.481 e. The third-order valence-corrected chi connectivity index (χ3v) is 4.05. The van der Waals surface area contributed by atoms with Gasteiger partial charge in [-0.25, -0.2) is 0 Å². The van der Waals surface area contributed by atoms with Gasteiger partial charge in [0.25, 0.3) is 0 Å². The number of carbonyl (C=O) groups excluding carboxylic acids is 1. The number of ether oxygens (including phenoxy) is 2. The highest BCUT2D eigenvalue weighted by Gasteiger charge is 2.40. The lowest BCUT2D eigenvalue weighted by Crippen LogP contribution is -2.37. The van der Waals surface area contributed by atoms with Crippen LogP contribution >= 0.6 is 15.9 Å². The predicted octanol–water partition coefficient (Wildman–Crippen LogP) is 1.19. The van der Waals surface area contributed by atoms with Crippen molar-refractivity contribution in [3.63, 3.8) is 0 Å². The molecule has 0 amide bonds. The molecule has 96 valence electrons. The number of alkyl halides is 1. The van der Waals surface area contributed by atoms with E-state index in [-0.39, 0.29) is 17.5 Å². The van der Waals surface area contributed by atoms with E-state index < -0.39 is 23.8 Å². The van der Waals surface area contributed by atoms with Crippen molar-refractivity contribution < 1.29 is 24.2 Å². The molecule has 0 aromatic heterocycles. The van der Waals surface area contributed by atoms with Crippen molar-refractivity contribution in [2.24, 2.45) is 11.8 Å². The van der Waals surface area contributed by atoms with Crippen LogP contribution in [0.4, 0.5) is 0 Å². The van der Waals surface area contributed by atoms with Crippen LogP contribution < -0.4 is 0 Å². The van der Waals surface area contributed by atoms with Gasteiger partial charge in [0.05, 0.1) is 18.4 Å². The van der Waals surface area contributed by atoms with E-state index in [0.717, 1.165) is 6.42 Å². The lowest BCUT2D eigenvalue weighted by molar-refractivity contribution is -0.159. The van der Waals surface area contributed by atoms with E-state index >= 15 is 0 Å². The zero-order valence-electron chi connectivity index (χ0n) is 9.30. The van der Waals surface area contributed by atoms with Crippen molar-refractivity contribution in [1.82, 2.24) is 0 Å². The number of esters is 1. The summed E-state index contributed by atoms with van der Waals surface area (Å²) >= 11 is 3.44. The Balaban J connectivity index is 1.92. The third kappa shape index (κ3) is 3.42. The molecule has 0 aromatic rings. The summed E-state index contributed by atoms with van der Waals surface area (Å²) < 4.78 is 10.0. The highest BCUT2D eigenvalue weighted by atomic mass is 79.9. The molecule has 1 saturated heterocycles. The first kappa shape index (κ1) is 12.8. The number of carboxylic acid groups (broad SMARTS) is 1. The smallest absolute Gasteiger partial charge is 0.309 e. The van der Waals surface area contributed by atoms with Crippen molar-refractivity contribution in [2.75, 3.05) is 13.2 Å². The molecule has 0 spiro atoms. The van der Waals surface area contributed by atoms with E-state index in [2.05, 4.69) is 15.9 Å². The van der Waals surface area contributed by atoms with Crippen molar-refractivity contribution in [2.45, 2.75) is 30.2 Å². The SMILES string of the molecule is O=C(O)C1CCC(Br)CC1C(=O)OCC1CO1. The third-order valence-electron chi connectivity index (χ3n) is 3.22. The fraction of sp³-hybridized carbons (Fsp3) is 0.818. The monoisotopic (exact) mass is 306 g/mol. The topological polar surface area (TPSA) is 76.1 Å². The van der Waals surface area contributed by atoms with Gasteiger partial charge in [-0.05, 0) is 19.3 Å². The summed E-state index contributed by atoms with van der Waals surface area (Å²) in [6.45, 7) is 0.871. The molecule has 6 heteroatoms. The molecule has 1 aliphatic carbocycles. The Morgan fingerprint density at radius 2 is 2.06 bits per heavy atom. The summed E-state index contributed by atoms with van der Waals surface area (Å²) in [7, 11) is 0. The van der Waals surface area contributed by atoms with Gasteiger partial charge in [0.15, 0.2) is 0 Å². The number of carbonyl (C=O) groups is 2. The fourth-order valence-electron chi connectivity index (χ4n) is 2.12. The average Bonchev–Trinajstić information content (AvgIpc) is 3.09. The molecule has 0 radical (unpaired) electrons. The van der Waals surface area contributed by atoms with Crippen LogP contribution in [0.15, 0.2) is 0 Å².